The molecule has 0 radical (unpaired) electrons. The molecule has 0 heterocycles. The summed E-state index contributed by atoms with van der Waals surface area (Å²) in [5.41, 5.74) is 2.87. The minimum atomic E-state index is -3.76. The van der Waals surface area contributed by atoms with Crippen LogP contribution in [-0.2, 0) is 16.4 Å². The van der Waals surface area contributed by atoms with Crippen LogP contribution in [-0.4, -0.2) is 14.3 Å². The monoisotopic (exact) mass is 358 g/mol. The molecule has 0 saturated carbocycles. The second kappa shape index (κ2) is 6.98. The van der Waals surface area contributed by atoms with E-state index in [1.54, 1.807) is 0 Å². The Morgan fingerprint density at radius 2 is 1.80 bits per heavy atom. The lowest BCUT2D eigenvalue weighted by Gasteiger charge is -2.25. The van der Waals surface area contributed by atoms with Crippen molar-refractivity contribution in [1.82, 2.24) is 5.32 Å². The summed E-state index contributed by atoms with van der Waals surface area (Å²) in [6.07, 6.45) is 3.17. The number of fused-ring (bicyclic) bond motifs is 1. The Labute approximate surface area is 148 Å². The summed E-state index contributed by atoms with van der Waals surface area (Å²) in [4.78, 5) is 12.6. The predicted octanol–water partition coefficient (Wildman–Crippen LogP) is 2.78. The summed E-state index contributed by atoms with van der Waals surface area (Å²) in [5, 5.41) is 8.21. The van der Waals surface area contributed by atoms with Crippen LogP contribution in [0.15, 0.2) is 53.4 Å². The molecule has 1 aliphatic carbocycles. The number of nitrogens with one attached hydrogen (secondary N) is 1. The quantitative estimate of drug-likeness (QED) is 0.827. The number of hydrogen-bond donors (Lipinski definition) is 2. The van der Waals surface area contributed by atoms with Crippen LogP contribution in [0.5, 0.6) is 0 Å². The van der Waals surface area contributed by atoms with Crippen LogP contribution in [0.25, 0.3) is 0 Å². The molecule has 2 aromatic carbocycles. The van der Waals surface area contributed by atoms with Crippen molar-refractivity contribution in [3.05, 3.63) is 65.2 Å². The molecule has 0 spiro atoms. The van der Waals surface area contributed by atoms with Gasteiger partial charge in [0, 0.05) is 5.56 Å². The average molecular weight is 358 g/mol. The number of aryl methyl sites for hydroxylation is 1. The number of sulfonamides is 1. The van der Waals surface area contributed by atoms with Crippen molar-refractivity contribution in [2.75, 3.05) is 0 Å². The van der Waals surface area contributed by atoms with E-state index in [1.165, 1.54) is 35.4 Å². The first-order valence-corrected chi connectivity index (χ1v) is 9.92. The molecule has 1 amide bonds. The molecule has 3 N–H and O–H groups in total. The summed E-state index contributed by atoms with van der Waals surface area (Å²) in [6, 6.07) is 13.9. The molecule has 0 fully saturated rings. The molecule has 2 atom stereocenters. The largest absolute Gasteiger partial charge is 0.345 e. The molecule has 0 aromatic heterocycles. The minimum Gasteiger partial charge on any atom is -0.345 e. The highest BCUT2D eigenvalue weighted by Gasteiger charge is 2.26. The minimum absolute atomic E-state index is 0.00256. The molecule has 132 valence electrons. The first kappa shape index (κ1) is 17.6. The molecule has 25 heavy (non-hydrogen) atoms. The van der Waals surface area contributed by atoms with Gasteiger partial charge in [0.25, 0.3) is 5.91 Å². The standard InChI is InChI=1S/C19H22N2O3S/c1-13-5-4-7-14-6-2-3-8-17(14)18(13)21-19(22)15-9-11-16(12-10-15)25(20,23)24/h2-3,6,8-13,18H,4-5,7H2,1H3,(H,21,22)(H2,20,23,24). The van der Waals surface area contributed by atoms with E-state index in [1.807, 2.05) is 12.1 Å². The zero-order valence-corrected chi connectivity index (χ0v) is 14.9. The lowest BCUT2D eigenvalue weighted by Crippen LogP contribution is -2.32. The van der Waals surface area contributed by atoms with Gasteiger partial charge in [0.05, 0.1) is 10.9 Å². The van der Waals surface area contributed by atoms with Crippen LogP contribution < -0.4 is 10.5 Å². The van der Waals surface area contributed by atoms with Gasteiger partial charge in [-0.2, -0.15) is 0 Å². The Morgan fingerprint density at radius 1 is 1.12 bits per heavy atom. The Morgan fingerprint density at radius 3 is 2.48 bits per heavy atom. The number of hydrogen-bond acceptors (Lipinski definition) is 3. The van der Waals surface area contributed by atoms with E-state index in [0.29, 0.717) is 11.5 Å². The molecule has 1 aliphatic rings. The fourth-order valence-electron chi connectivity index (χ4n) is 3.39. The first-order chi connectivity index (χ1) is 11.9. The molecule has 2 aromatic rings. The van der Waals surface area contributed by atoms with E-state index in [0.717, 1.165) is 19.3 Å². The van der Waals surface area contributed by atoms with E-state index in [2.05, 4.69) is 24.4 Å². The maximum Gasteiger partial charge on any atom is 0.251 e. The van der Waals surface area contributed by atoms with Gasteiger partial charge in [-0.1, -0.05) is 31.2 Å². The van der Waals surface area contributed by atoms with Crippen LogP contribution in [0.2, 0.25) is 0 Å². The van der Waals surface area contributed by atoms with Gasteiger partial charge in [-0.05, 0) is 60.6 Å². The van der Waals surface area contributed by atoms with E-state index in [-0.39, 0.29) is 16.8 Å². The number of amides is 1. The number of nitrogens with two attached hydrogens (primary N) is 1. The summed E-state index contributed by atoms with van der Waals surface area (Å²) in [6.45, 7) is 2.15. The van der Waals surface area contributed by atoms with E-state index in [4.69, 9.17) is 5.14 Å². The summed E-state index contributed by atoms with van der Waals surface area (Å²) in [7, 11) is -3.76. The number of primary sulfonamides is 1. The highest BCUT2D eigenvalue weighted by molar-refractivity contribution is 7.89. The molecule has 0 saturated heterocycles. The topological polar surface area (TPSA) is 89.3 Å². The molecule has 0 aliphatic heterocycles. The third-order valence-corrected chi connectivity index (χ3v) is 5.73. The molecule has 0 bridgehead atoms. The van der Waals surface area contributed by atoms with Gasteiger partial charge in [-0.25, -0.2) is 13.6 Å². The van der Waals surface area contributed by atoms with Crippen LogP contribution in [0.1, 0.15) is 47.3 Å². The predicted molar refractivity (Wildman–Crippen MR) is 96.6 cm³/mol. The van der Waals surface area contributed by atoms with Crippen LogP contribution >= 0.6 is 0 Å². The third kappa shape index (κ3) is 3.91. The van der Waals surface area contributed by atoms with Gasteiger partial charge in [-0.15, -0.1) is 0 Å². The van der Waals surface area contributed by atoms with Gasteiger partial charge in [-0.3, -0.25) is 4.79 Å². The van der Waals surface area contributed by atoms with Crippen molar-refractivity contribution in [3.8, 4) is 0 Å². The SMILES string of the molecule is CC1CCCc2ccccc2C1NC(=O)c1ccc(S(N)(=O)=O)cc1. The molecular weight excluding hydrogens is 336 g/mol. The van der Waals surface area contributed by atoms with E-state index in [9.17, 15) is 13.2 Å². The fourth-order valence-corrected chi connectivity index (χ4v) is 3.91. The summed E-state index contributed by atoms with van der Waals surface area (Å²) < 4.78 is 22.7. The Bertz CT molecular complexity index is 876. The summed E-state index contributed by atoms with van der Waals surface area (Å²) >= 11 is 0. The lowest BCUT2D eigenvalue weighted by molar-refractivity contribution is 0.0922. The van der Waals surface area contributed by atoms with Crippen molar-refractivity contribution in [2.24, 2.45) is 11.1 Å². The van der Waals surface area contributed by atoms with Crippen molar-refractivity contribution in [1.29, 1.82) is 0 Å². The van der Waals surface area contributed by atoms with Crippen LogP contribution in [0.4, 0.5) is 0 Å². The van der Waals surface area contributed by atoms with Crippen LogP contribution in [0.3, 0.4) is 0 Å². The normalized spacial score (nSPS) is 20.4. The third-order valence-electron chi connectivity index (χ3n) is 4.80. The highest BCUT2D eigenvalue weighted by Crippen LogP contribution is 2.33. The number of carbonyl (C=O) groups is 1. The fraction of sp³-hybridized carbons (Fsp3) is 0.316. The zero-order chi connectivity index (χ0) is 18.0. The molecule has 2 unspecified atom stereocenters. The summed E-state index contributed by atoms with van der Waals surface area (Å²) in [5.74, 6) is 0.116. The van der Waals surface area contributed by atoms with Gasteiger partial charge >= 0.3 is 0 Å². The highest BCUT2D eigenvalue weighted by atomic mass is 32.2. The number of benzene rings is 2. The second-order valence-corrected chi connectivity index (χ2v) is 8.15. The maximum absolute atomic E-state index is 12.6. The maximum atomic E-state index is 12.6. The van der Waals surface area contributed by atoms with Gasteiger partial charge in [0.1, 0.15) is 0 Å². The second-order valence-electron chi connectivity index (χ2n) is 6.59. The molecule has 3 rings (SSSR count). The Hall–Kier alpha value is -2.18. The first-order valence-electron chi connectivity index (χ1n) is 8.38. The Balaban J connectivity index is 1.84. The molecular formula is C19H22N2O3S. The van der Waals surface area contributed by atoms with Gasteiger partial charge in [0.2, 0.25) is 10.0 Å². The van der Waals surface area contributed by atoms with Crippen LogP contribution in [0, 0.1) is 5.92 Å². The molecule has 6 heteroatoms. The lowest BCUT2D eigenvalue weighted by atomic mass is 9.92. The van der Waals surface area contributed by atoms with Crippen molar-refractivity contribution in [3.63, 3.8) is 0 Å². The molecule has 5 nitrogen and oxygen atoms in total. The van der Waals surface area contributed by atoms with Gasteiger partial charge in [0.15, 0.2) is 0 Å². The van der Waals surface area contributed by atoms with E-state index >= 15 is 0 Å². The van der Waals surface area contributed by atoms with Crippen molar-refractivity contribution < 1.29 is 13.2 Å². The van der Waals surface area contributed by atoms with Crippen molar-refractivity contribution in [2.45, 2.75) is 37.1 Å². The zero-order valence-electron chi connectivity index (χ0n) is 14.1. The van der Waals surface area contributed by atoms with Gasteiger partial charge < -0.3 is 5.32 Å². The smallest absolute Gasteiger partial charge is 0.251 e. The van der Waals surface area contributed by atoms with Crippen molar-refractivity contribution >= 4 is 15.9 Å². The Kier molecular flexibility index (Phi) is 4.92. The number of carbonyl (C=O) groups excluding carboxylic acids is 1. The van der Waals surface area contributed by atoms with E-state index < -0.39 is 10.0 Å². The average Bonchev–Trinajstić information content (AvgIpc) is 2.74. The number of rotatable bonds is 3.